The molecule has 0 heterocycles. The van der Waals surface area contributed by atoms with E-state index >= 15 is 0 Å². The average molecular weight is 727 g/mol. The van der Waals surface area contributed by atoms with Crippen molar-refractivity contribution in [2.24, 2.45) is 0 Å². The second kappa shape index (κ2) is 32.3. The molecule has 0 aromatic carbocycles. The molecule has 298 valence electrons. The van der Waals surface area contributed by atoms with Crippen LogP contribution in [0.25, 0.3) is 0 Å². The largest absolute Gasteiger partial charge is 0.466 e. The molecule has 0 N–H and O–H groups in total. The zero-order valence-corrected chi connectivity index (χ0v) is 36.8. The molecule has 0 radical (unpaired) electrons. The van der Waals surface area contributed by atoms with Crippen LogP contribution in [0.3, 0.4) is 0 Å². The molecule has 0 rings (SSSR count). The van der Waals surface area contributed by atoms with Crippen LogP contribution in [0.5, 0.6) is 0 Å². The number of methoxy groups -OCH3 is 1. The second-order valence-corrected chi connectivity index (χ2v) is 16.0. The molecule has 0 aromatic heterocycles. The first kappa shape index (κ1) is 49.9. The molecule has 0 aliphatic heterocycles. The molecule has 0 aromatic rings. The molecule has 2 heteroatoms. The van der Waals surface area contributed by atoms with Gasteiger partial charge in [0.2, 0.25) is 0 Å². The summed E-state index contributed by atoms with van der Waals surface area (Å²) in [6.45, 7) is 24.6. The Balaban J connectivity index is 4.26. The topological polar surface area (TPSA) is 26.3 Å². The minimum absolute atomic E-state index is 0.268. The lowest BCUT2D eigenvalue weighted by Crippen LogP contribution is -1.95. The molecule has 2 nitrogen and oxygen atoms in total. The van der Waals surface area contributed by atoms with Crippen LogP contribution in [-0.2, 0) is 9.53 Å². The van der Waals surface area contributed by atoms with E-state index in [1.807, 2.05) is 6.92 Å². The van der Waals surface area contributed by atoms with E-state index in [-0.39, 0.29) is 5.97 Å². The Kier molecular flexibility index (Phi) is 30.4. The van der Waals surface area contributed by atoms with E-state index in [9.17, 15) is 4.79 Å². The van der Waals surface area contributed by atoms with E-state index in [4.69, 9.17) is 4.74 Å². The molecule has 0 bridgehead atoms. The molecule has 53 heavy (non-hydrogen) atoms. The maximum atomic E-state index is 11.3. The standard InChI is InChI=1S/C51H82O2/c1-41(2)22-13-23-42(3)24-14-25-43(4)26-15-27-44(5)28-16-29-45(6)30-17-31-46(7)32-18-33-47(8)34-19-35-48(9)36-20-37-49(10)38-21-39-50(11)40-51(52)53-12/h22,24,26,28,30,32,34,36,38,40H,13-21,23,25,27,29,31,33,35,37,39H2,1-12H3. The minimum Gasteiger partial charge on any atom is -0.466 e. The van der Waals surface area contributed by atoms with Gasteiger partial charge < -0.3 is 4.74 Å². The fraction of sp³-hybridized carbons (Fsp3) is 0.588. The smallest absolute Gasteiger partial charge is 0.330 e. The van der Waals surface area contributed by atoms with Gasteiger partial charge in [0.15, 0.2) is 0 Å². The van der Waals surface area contributed by atoms with Gasteiger partial charge in [0.05, 0.1) is 7.11 Å². The zero-order valence-electron chi connectivity index (χ0n) is 36.8. The molecule has 0 unspecified atom stereocenters. The lowest BCUT2D eigenvalue weighted by atomic mass is 10.0. The third kappa shape index (κ3) is 33.2. The van der Waals surface area contributed by atoms with Crippen LogP contribution in [0.2, 0.25) is 0 Å². The van der Waals surface area contributed by atoms with E-state index in [1.165, 1.54) is 89.4 Å². The van der Waals surface area contributed by atoms with E-state index in [0.29, 0.717) is 0 Å². The number of carbonyl (C=O) groups excluding carboxylic acids is 1. The summed E-state index contributed by atoms with van der Waals surface area (Å²) in [6, 6.07) is 0. The van der Waals surface area contributed by atoms with Gasteiger partial charge in [0.25, 0.3) is 0 Å². The highest BCUT2D eigenvalue weighted by molar-refractivity contribution is 5.82. The van der Waals surface area contributed by atoms with Crippen molar-refractivity contribution in [1.29, 1.82) is 0 Å². The summed E-state index contributed by atoms with van der Waals surface area (Å²) in [7, 11) is 1.42. The van der Waals surface area contributed by atoms with Crippen LogP contribution >= 0.6 is 0 Å². The Hall–Kier alpha value is -3.13. The number of carbonyl (C=O) groups is 1. The number of rotatable bonds is 28. The van der Waals surface area contributed by atoms with Gasteiger partial charge in [-0.2, -0.15) is 0 Å². The first-order chi connectivity index (χ1) is 25.2. The molecule has 0 aliphatic carbocycles. The fourth-order valence-electron chi connectivity index (χ4n) is 6.11. The zero-order chi connectivity index (χ0) is 39.9. The van der Waals surface area contributed by atoms with E-state index in [2.05, 4.69) is 124 Å². The molecule has 0 fully saturated rings. The van der Waals surface area contributed by atoms with Crippen molar-refractivity contribution < 1.29 is 9.53 Å². The highest BCUT2D eigenvalue weighted by Crippen LogP contribution is 2.18. The number of hydrogen-bond acceptors (Lipinski definition) is 2. The quantitative estimate of drug-likeness (QED) is 0.0456. The van der Waals surface area contributed by atoms with Gasteiger partial charge in [0, 0.05) is 6.08 Å². The van der Waals surface area contributed by atoms with Crippen LogP contribution in [0.4, 0.5) is 0 Å². The van der Waals surface area contributed by atoms with Crippen LogP contribution in [0, 0.1) is 0 Å². The first-order valence-electron chi connectivity index (χ1n) is 20.8. The fourth-order valence-corrected chi connectivity index (χ4v) is 6.11. The monoisotopic (exact) mass is 727 g/mol. The predicted octanol–water partition coefficient (Wildman–Crippen LogP) is 16.7. The van der Waals surface area contributed by atoms with Gasteiger partial charge in [-0.25, -0.2) is 4.79 Å². The van der Waals surface area contributed by atoms with Crippen molar-refractivity contribution in [3.63, 3.8) is 0 Å². The van der Waals surface area contributed by atoms with Crippen molar-refractivity contribution in [3.8, 4) is 0 Å². The van der Waals surface area contributed by atoms with Gasteiger partial charge in [-0.3, -0.25) is 0 Å². The molecule has 0 saturated heterocycles. The Morgan fingerprint density at radius 3 is 0.698 bits per heavy atom. The number of allylic oxidation sites excluding steroid dienone is 19. The summed E-state index contributed by atoms with van der Waals surface area (Å²) in [5.41, 5.74) is 14.5. The molecule has 0 atom stereocenters. The van der Waals surface area contributed by atoms with Gasteiger partial charge in [0.1, 0.15) is 0 Å². The van der Waals surface area contributed by atoms with Crippen molar-refractivity contribution in [3.05, 3.63) is 116 Å². The van der Waals surface area contributed by atoms with Crippen LogP contribution in [0.15, 0.2) is 116 Å². The van der Waals surface area contributed by atoms with E-state index in [1.54, 1.807) is 6.08 Å². The highest BCUT2D eigenvalue weighted by atomic mass is 16.5. The Morgan fingerprint density at radius 2 is 0.509 bits per heavy atom. The second-order valence-electron chi connectivity index (χ2n) is 16.0. The summed E-state index contributed by atoms with van der Waals surface area (Å²) >= 11 is 0. The van der Waals surface area contributed by atoms with Crippen molar-refractivity contribution >= 4 is 5.97 Å². The molecule has 0 amide bonds. The Bertz CT molecular complexity index is 1350. The molecular formula is C51H82O2. The Morgan fingerprint density at radius 1 is 0.321 bits per heavy atom. The Labute approximate surface area is 329 Å². The van der Waals surface area contributed by atoms with Gasteiger partial charge in [-0.05, 0) is 192 Å². The summed E-state index contributed by atoms with van der Waals surface area (Å²) in [5.74, 6) is -0.268. The summed E-state index contributed by atoms with van der Waals surface area (Å²) in [5, 5.41) is 0. The normalized spacial score (nSPS) is 14.6. The van der Waals surface area contributed by atoms with Crippen LogP contribution in [0.1, 0.15) is 192 Å². The summed E-state index contributed by atoms with van der Waals surface area (Å²) in [4.78, 5) is 11.3. The molecule has 0 spiro atoms. The number of hydrogen-bond donors (Lipinski definition) is 0. The average Bonchev–Trinajstić information content (AvgIpc) is 3.08. The van der Waals surface area contributed by atoms with E-state index in [0.717, 1.165) is 89.0 Å². The highest BCUT2D eigenvalue weighted by Gasteiger charge is 1.99. The van der Waals surface area contributed by atoms with Crippen LogP contribution < -0.4 is 0 Å². The third-order valence-corrected chi connectivity index (χ3v) is 9.91. The lowest BCUT2D eigenvalue weighted by molar-refractivity contribution is -0.134. The number of ether oxygens (including phenoxy) is 1. The van der Waals surface area contributed by atoms with Crippen LogP contribution in [-0.4, -0.2) is 13.1 Å². The van der Waals surface area contributed by atoms with Crippen molar-refractivity contribution in [2.75, 3.05) is 7.11 Å². The summed E-state index contributed by atoms with van der Waals surface area (Å²) < 4.78 is 4.70. The molecule has 0 saturated carbocycles. The van der Waals surface area contributed by atoms with Gasteiger partial charge in [-0.15, -0.1) is 0 Å². The lowest BCUT2D eigenvalue weighted by Gasteiger charge is -2.04. The van der Waals surface area contributed by atoms with Crippen molar-refractivity contribution in [2.45, 2.75) is 192 Å². The maximum absolute atomic E-state index is 11.3. The van der Waals surface area contributed by atoms with Gasteiger partial charge >= 0.3 is 5.97 Å². The maximum Gasteiger partial charge on any atom is 0.330 e. The van der Waals surface area contributed by atoms with E-state index < -0.39 is 0 Å². The van der Waals surface area contributed by atoms with Crippen molar-refractivity contribution in [1.82, 2.24) is 0 Å². The summed E-state index contributed by atoms with van der Waals surface area (Å²) in [6.07, 6.45) is 43.6. The predicted molar refractivity (Wildman–Crippen MR) is 238 cm³/mol. The SMILES string of the molecule is COC(=O)C=C(C)CCC=C(C)CCC=C(C)CCC=C(C)CCC=C(C)CCC=C(C)CCC=C(C)CCC=C(C)CCC=C(C)CCC=C(C)C. The third-order valence-electron chi connectivity index (χ3n) is 9.91. The number of esters is 1. The first-order valence-corrected chi connectivity index (χ1v) is 20.8. The van der Waals surface area contributed by atoms with Gasteiger partial charge in [-0.1, -0.05) is 110 Å². The molecule has 0 aliphatic rings. The molecular weight excluding hydrogens is 645 g/mol. The minimum atomic E-state index is -0.268.